The minimum absolute atomic E-state index is 0.663. The van der Waals surface area contributed by atoms with Gasteiger partial charge in [-0.1, -0.05) is 24.3 Å². The first-order chi connectivity index (χ1) is 9.33. The predicted octanol–water partition coefficient (Wildman–Crippen LogP) is 2.34. The molecule has 102 valence electrons. The summed E-state index contributed by atoms with van der Waals surface area (Å²) >= 11 is 0. The molecule has 4 heteroatoms. The fourth-order valence-electron chi connectivity index (χ4n) is 2.13. The van der Waals surface area contributed by atoms with Crippen LogP contribution in [-0.2, 0) is 31.0 Å². The summed E-state index contributed by atoms with van der Waals surface area (Å²) in [4.78, 5) is 0. The smallest absolute Gasteiger partial charge is 0.0713 e. The Morgan fingerprint density at radius 1 is 1.21 bits per heavy atom. The van der Waals surface area contributed by atoms with Crippen LogP contribution in [0.3, 0.4) is 0 Å². The second kappa shape index (κ2) is 7.07. The average Bonchev–Trinajstić information content (AvgIpc) is 2.87. The Labute approximate surface area is 114 Å². The van der Waals surface area contributed by atoms with E-state index in [9.17, 15) is 0 Å². The van der Waals surface area contributed by atoms with Gasteiger partial charge in [0.15, 0.2) is 0 Å². The van der Waals surface area contributed by atoms with Crippen molar-refractivity contribution >= 4 is 0 Å². The van der Waals surface area contributed by atoms with Crippen LogP contribution in [0.5, 0.6) is 0 Å². The highest BCUT2D eigenvalue weighted by atomic mass is 16.5. The van der Waals surface area contributed by atoms with E-state index in [2.05, 4.69) is 47.7 Å². The molecule has 2 rings (SSSR count). The summed E-state index contributed by atoms with van der Waals surface area (Å²) in [6.45, 7) is 5.36. The summed E-state index contributed by atoms with van der Waals surface area (Å²) in [6, 6.07) is 10.5. The molecule has 0 fully saturated rings. The van der Waals surface area contributed by atoms with Gasteiger partial charge in [0, 0.05) is 32.9 Å². The maximum Gasteiger partial charge on any atom is 0.0713 e. The molecular formula is C15H21N3O. The maximum atomic E-state index is 5.14. The third-order valence-electron chi connectivity index (χ3n) is 3.04. The molecular weight excluding hydrogens is 238 g/mol. The predicted molar refractivity (Wildman–Crippen MR) is 75.6 cm³/mol. The number of nitrogens with one attached hydrogen (secondary N) is 1. The lowest BCUT2D eigenvalue weighted by molar-refractivity contribution is 0.185. The highest BCUT2D eigenvalue weighted by Gasteiger charge is 2.00. The van der Waals surface area contributed by atoms with Crippen LogP contribution in [0.15, 0.2) is 36.5 Å². The number of aryl methyl sites for hydroxylation is 1. The molecule has 0 aliphatic rings. The van der Waals surface area contributed by atoms with Gasteiger partial charge in [0.25, 0.3) is 0 Å². The Kier molecular flexibility index (Phi) is 5.12. The van der Waals surface area contributed by atoms with E-state index in [-0.39, 0.29) is 0 Å². The zero-order chi connectivity index (χ0) is 13.5. The van der Waals surface area contributed by atoms with Crippen LogP contribution < -0.4 is 5.32 Å². The lowest BCUT2D eigenvalue weighted by Gasteiger charge is -2.08. The van der Waals surface area contributed by atoms with E-state index < -0.39 is 0 Å². The number of hydrogen-bond donors (Lipinski definition) is 1. The summed E-state index contributed by atoms with van der Waals surface area (Å²) in [6.07, 6.45) is 1.85. The molecule has 0 spiro atoms. The first-order valence-corrected chi connectivity index (χ1v) is 6.61. The van der Waals surface area contributed by atoms with Gasteiger partial charge in [-0.05, 0) is 24.1 Å². The number of aromatic nitrogens is 2. The molecule has 0 aliphatic heterocycles. The van der Waals surface area contributed by atoms with Crippen molar-refractivity contribution < 1.29 is 4.74 Å². The molecule has 0 radical (unpaired) electrons. The number of ether oxygens (including phenoxy) is 1. The summed E-state index contributed by atoms with van der Waals surface area (Å²) in [7, 11) is 1.72. The van der Waals surface area contributed by atoms with Gasteiger partial charge >= 0.3 is 0 Å². The van der Waals surface area contributed by atoms with Crippen LogP contribution in [0, 0.1) is 0 Å². The van der Waals surface area contributed by atoms with Crippen molar-refractivity contribution in [2.45, 2.75) is 33.2 Å². The first-order valence-electron chi connectivity index (χ1n) is 6.61. The van der Waals surface area contributed by atoms with Crippen LogP contribution in [0.1, 0.15) is 23.7 Å². The van der Waals surface area contributed by atoms with Crippen molar-refractivity contribution in [2.75, 3.05) is 7.11 Å². The summed E-state index contributed by atoms with van der Waals surface area (Å²) in [5, 5.41) is 7.71. The van der Waals surface area contributed by atoms with Crippen LogP contribution in [-0.4, -0.2) is 16.9 Å². The van der Waals surface area contributed by atoms with Crippen molar-refractivity contribution in [1.29, 1.82) is 0 Å². The highest BCUT2D eigenvalue weighted by molar-refractivity contribution is 5.22. The van der Waals surface area contributed by atoms with Crippen molar-refractivity contribution in [3.8, 4) is 0 Å². The fourth-order valence-corrected chi connectivity index (χ4v) is 2.13. The Hall–Kier alpha value is -1.65. The Morgan fingerprint density at radius 2 is 2.05 bits per heavy atom. The zero-order valence-electron chi connectivity index (χ0n) is 11.6. The van der Waals surface area contributed by atoms with E-state index in [0.717, 1.165) is 19.6 Å². The Morgan fingerprint density at radius 3 is 2.84 bits per heavy atom. The van der Waals surface area contributed by atoms with Crippen molar-refractivity contribution in [3.63, 3.8) is 0 Å². The quantitative estimate of drug-likeness (QED) is 0.829. The minimum Gasteiger partial charge on any atom is -0.380 e. The monoisotopic (exact) mass is 259 g/mol. The zero-order valence-corrected chi connectivity index (χ0v) is 11.6. The van der Waals surface area contributed by atoms with Crippen LogP contribution in [0.4, 0.5) is 0 Å². The fraction of sp³-hybridized carbons (Fsp3) is 0.400. The first kappa shape index (κ1) is 13.8. The molecule has 1 heterocycles. The number of benzene rings is 1. The van der Waals surface area contributed by atoms with Crippen LogP contribution in [0.2, 0.25) is 0 Å². The van der Waals surface area contributed by atoms with E-state index in [1.165, 1.54) is 16.8 Å². The summed E-state index contributed by atoms with van der Waals surface area (Å²) < 4.78 is 7.15. The molecule has 1 aromatic carbocycles. The van der Waals surface area contributed by atoms with Gasteiger partial charge in [0.1, 0.15) is 0 Å². The number of methoxy groups -OCH3 is 1. The molecule has 1 N–H and O–H groups in total. The SMILES string of the molecule is CCn1nccc1CNCc1cccc(COC)c1. The van der Waals surface area contributed by atoms with Gasteiger partial charge in [-0.2, -0.15) is 5.10 Å². The maximum absolute atomic E-state index is 5.14. The van der Waals surface area contributed by atoms with Gasteiger partial charge in [-0.15, -0.1) is 0 Å². The molecule has 19 heavy (non-hydrogen) atoms. The van der Waals surface area contributed by atoms with E-state index in [1.807, 2.05) is 10.9 Å². The average molecular weight is 259 g/mol. The van der Waals surface area contributed by atoms with Crippen LogP contribution >= 0.6 is 0 Å². The van der Waals surface area contributed by atoms with Gasteiger partial charge in [-0.3, -0.25) is 4.68 Å². The standard InChI is InChI=1S/C15H21N3O/c1-3-18-15(7-8-17-18)11-16-10-13-5-4-6-14(9-13)12-19-2/h4-9,16H,3,10-12H2,1-2H3. The van der Waals surface area contributed by atoms with E-state index >= 15 is 0 Å². The molecule has 0 atom stereocenters. The van der Waals surface area contributed by atoms with Gasteiger partial charge in [0.2, 0.25) is 0 Å². The molecule has 0 bridgehead atoms. The number of rotatable bonds is 7. The van der Waals surface area contributed by atoms with E-state index in [4.69, 9.17) is 4.74 Å². The van der Waals surface area contributed by atoms with Crippen molar-refractivity contribution in [1.82, 2.24) is 15.1 Å². The lowest BCUT2D eigenvalue weighted by atomic mass is 10.1. The van der Waals surface area contributed by atoms with Crippen LogP contribution in [0.25, 0.3) is 0 Å². The topological polar surface area (TPSA) is 39.1 Å². The van der Waals surface area contributed by atoms with E-state index in [0.29, 0.717) is 6.61 Å². The molecule has 2 aromatic rings. The highest BCUT2D eigenvalue weighted by Crippen LogP contribution is 2.07. The number of hydrogen-bond acceptors (Lipinski definition) is 3. The Balaban J connectivity index is 1.87. The summed E-state index contributed by atoms with van der Waals surface area (Å²) in [5.74, 6) is 0. The third kappa shape index (κ3) is 3.91. The van der Waals surface area contributed by atoms with Gasteiger partial charge in [0.05, 0.1) is 12.3 Å². The molecule has 1 aromatic heterocycles. The summed E-state index contributed by atoms with van der Waals surface area (Å²) in [5.41, 5.74) is 3.70. The van der Waals surface area contributed by atoms with Crippen molar-refractivity contribution in [2.24, 2.45) is 0 Å². The molecule has 4 nitrogen and oxygen atoms in total. The minimum atomic E-state index is 0.663. The molecule has 0 saturated heterocycles. The second-order valence-corrected chi connectivity index (χ2v) is 4.49. The largest absolute Gasteiger partial charge is 0.380 e. The molecule has 0 unspecified atom stereocenters. The molecule has 0 saturated carbocycles. The Bertz CT molecular complexity index is 508. The van der Waals surface area contributed by atoms with Crippen molar-refractivity contribution in [3.05, 3.63) is 53.3 Å². The third-order valence-corrected chi connectivity index (χ3v) is 3.04. The molecule has 0 amide bonds. The molecule has 0 aliphatic carbocycles. The van der Waals surface area contributed by atoms with E-state index in [1.54, 1.807) is 7.11 Å². The normalized spacial score (nSPS) is 10.8. The van der Waals surface area contributed by atoms with Gasteiger partial charge in [-0.25, -0.2) is 0 Å². The number of nitrogens with zero attached hydrogens (tertiary/aromatic N) is 2. The lowest BCUT2D eigenvalue weighted by Crippen LogP contribution is -2.16. The van der Waals surface area contributed by atoms with Gasteiger partial charge < -0.3 is 10.1 Å². The second-order valence-electron chi connectivity index (χ2n) is 4.49.